The molecule has 0 spiro atoms. The van der Waals surface area contributed by atoms with Gasteiger partial charge in [-0.05, 0) is 25.1 Å². The summed E-state index contributed by atoms with van der Waals surface area (Å²) in [6, 6.07) is 37.5. The average molecular weight is 498 g/mol. The van der Waals surface area contributed by atoms with Crippen molar-refractivity contribution in [3.63, 3.8) is 0 Å². The van der Waals surface area contributed by atoms with Crippen LogP contribution in [0.5, 0.6) is 0 Å². The SMILES string of the molecule is CC(=O)[O-].[Pb].[c]1ccccc1.[c]1ccccc1.[c]1ccccc1. The van der Waals surface area contributed by atoms with E-state index in [-0.39, 0.29) is 27.3 Å². The molecule has 0 saturated heterocycles. The smallest absolute Gasteiger partial charge is 0.0383 e. The van der Waals surface area contributed by atoms with Crippen LogP contribution >= 0.6 is 0 Å². The summed E-state index contributed by atoms with van der Waals surface area (Å²) in [5.41, 5.74) is 0. The number of benzene rings is 3. The van der Waals surface area contributed by atoms with Gasteiger partial charge < -0.3 is 9.90 Å². The van der Waals surface area contributed by atoms with Crippen LogP contribution in [0.25, 0.3) is 0 Å². The van der Waals surface area contributed by atoms with Crippen molar-refractivity contribution >= 4 is 33.3 Å². The Labute approximate surface area is 159 Å². The van der Waals surface area contributed by atoms with Gasteiger partial charge in [0.1, 0.15) is 0 Å². The van der Waals surface area contributed by atoms with E-state index in [9.17, 15) is 0 Å². The van der Waals surface area contributed by atoms with E-state index in [0.717, 1.165) is 6.92 Å². The molecule has 3 aromatic rings. The third kappa shape index (κ3) is 25.4. The van der Waals surface area contributed by atoms with Crippen molar-refractivity contribution in [3.8, 4) is 0 Å². The first-order chi connectivity index (χ1) is 10.7. The molecule has 0 aliphatic rings. The molecular weight excluding hydrogens is 479 g/mol. The summed E-state index contributed by atoms with van der Waals surface area (Å²) in [6.45, 7) is 0.972. The van der Waals surface area contributed by atoms with Crippen LogP contribution in [0.15, 0.2) is 91.0 Å². The molecule has 115 valence electrons. The van der Waals surface area contributed by atoms with Gasteiger partial charge in [-0.3, -0.25) is 0 Å². The number of hydrogen-bond acceptors (Lipinski definition) is 2. The van der Waals surface area contributed by atoms with E-state index in [2.05, 4.69) is 18.2 Å². The molecule has 0 amide bonds. The van der Waals surface area contributed by atoms with Crippen molar-refractivity contribution in [2.24, 2.45) is 0 Å². The van der Waals surface area contributed by atoms with Gasteiger partial charge in [0.25, 0.3) is 0 Å². The number of carbonyl (C=O) groups is 1. The third-order valence-corrected chi connectivity index (χ3v) is 1.82. The number of carboxylic acids is 1. The maximum absolute atomic E-state index is 8.89. The van der Waals surface area contributed by atoms with Gasteiger partial charge in [-0.25, -0.2) is 0 Å². The Balaban J connectivity index is 0. The Bertz CT molecular complexity index is 383. The topological polar surface area (TPSA) is 40.1 Å². The molecule has 0 fully saturated rings. The molecule has 7 radical (unpaired) electrons. The fourth-order valence-corrected chi connectivity index (χ4v) is 1.03. The van der Waals surface area contributed by atoms with Crippen LogP contribution in [-0.2, 0) is 4.79 Å². The zero-order valence-electron chi connectivity index (χ0n) is 13.0. The van der Waals surface area contributed by atoms with Crippen LogP contribution in [0.2, 0.25) is 0 Å². The molecule has 0 atom stereocenters. The van der Waals surface area contributed by atoms with E-state index < -0.39 is 5.97 Å². The Morgan fingerprint density at radius 2 is 0.783 bits per heavy atom. The molecule has 3 aromatic carbocycles. The van der Waals surface area contributed by atoms with Gasteiger partial charge in [-0.1, -0.05) is 91.0 Å². The normalized spacial score (nSPS) is 7.35. The molecule has 0 saturated carbocycles. The Hall–Kier alpha value is -1.95. The van der Waals surface area contributed by atoms with Gasteiger partial charge in [-0.2, -0.15) is 0 Å². The quantitative estimate of drug-likeness (QED) is 0.449. The summed E-state index contributed by atoms with van der Waals surface area (Å²) in [7, 11) is 0. The van der Waals surface area contributed by atoms with Crippen LogP contribution in [0.1, 0.15) is 6.92 Å². The number of hydrogen-bond donors (Lipinski definition) is 0. The third-order valence-electron chi connectivity index (χ3n) is 1.82. The Morgan fingerprint density at radius 3 is 0.826 bits per heavy atom. The van der Waals surface area contributed by atoms with Crippen LogP contribution in [0.4, 0.5) is 0 Å². The standard InChI is InChI=1S/3C6H5.C2H4O2.Pb/c3*1-2-4-6-5-3-1;1-2(3)4;/h3*1-5H;1H3,(H,3,4);/p-1. The van der Waals surface area contributed by atoms with E-state index in [4.69, 9.17) is 9.90 Å². The molecule has 0 heterocycles. The molecule has 23 heavy (non-hydrogen) atoms. The monoisotopic (exact) mass is 498 g/mol. The molecule has 2 nitrogen and oxygen atoms in total. The van der Waals surface area contributed by atoms with Crippen LogP contribution in [0, 0.1) is 18.2 Å². The van der Waals surface area contributed by atoms with Gasteiger partial charge in [0, 0.05) is 33.3 Å². The van der Waals surface area contributed by atoms with E-state index in [1.54, 1.807) is 0 Å². The number of carbonyl (C=O) groups excluding carboxylic acids is 1. The number of aliphatic carboxylic acids is 1. The molecule has 0 N–H and O–H groups in total. The maximum Gasteiger partial charge on any atom is 0.0383 e. The molecule has 3 rings (SSSR count). The van der Waals surface area contributed by atoms with Gasteiger partial charge in [-0.15, -0.1) is 0 Å². The van der Waals surface area contributed by atoms with Crippen molar-refractivity contribution < 1.29 is 9.90 Å². The van der Waals surface area contributed by atoms with Gasteiger partial charge in [0.15, 0.2) is 0 Å². The molecule has 3 heteroatoms. The van der Waals surface area contributed by atoms with Crippen LogP contribution in [0.3, 0.4) is 0 Å². The molecule has 0 aliphatic carbocycles. The minimum atomic E-state index is -1.08. The van der Waals surface area contributed by atoms with Crippen LogP contribution in [-0.4, -0.2) is 33.3 Å². The Morgan fingerprint density at radius 1 is 0.609 bits per heavy atom. The first-order valence-electron chi connectivity index (χ1n) is 6.64. The van der Waals surface area contributed by atoms with E-state index in [1.165, 1.54) is 0 Å². The van der Waals surface area contributed by atoms with E-state index in [1.807, 2.05) is 91.0 Å². The summed E-state index contributed by atoms with van der Waals surface area (Å²) in [4.78, 5) is 8.89. The molecule has 0 aliphatic heterocycles. The summed E-state index contributed by atoms with van der Waals surface area (Å²) < 4.78 is 0. The summed E-state index contributed by atoms with van der Waals surface area (Å²) in [5, 5.41) is 8.89. The molecular formula is C20H18O2Pb-. The first-order valence-corrected chi connectivity index (χ1v) is 6.64. The predicted octanol–water partition coefficient (Wildman–Crippen LogP) is 2.84. The van der Waals surface area contributed by atoms with Crippen LogP contribution < -0.4 is 5.11 Å². The molecule has 0 bridgehead atoms. The molecule has 0 unspecified atom stereocenters. The van der Waals surface area contributed by atoms with E-state index >= 15 is 0 Å². The number of rotatable bonds is 0. The Kier molecular flexibility index (Phi) is 20.3. The zero-order valence-corrected chi connectivity index (χ0v) is 16.9. The second-order valence-corrected chi connectivity index (χ2v) is 3.72. The fraction of sp³-hybridized carbons (Fsp3) is 0.0500. The second kappa shape index (κ2) is 20.1. The predicted molar refractivity (Wildman–Crippen MR) is 92.3 cm³/mol. The minimum absolute atomic E-state index is 0. The van der Waals surface area contributed by atoms with Gasteiger partial charge in [0.05, 0.1) is 0 Å². The fourth-order valence-electron chi connectivity index (χ4n) is 1.03. The minimum Gasteiger partial charge on any atom is -0.550 e. The van der Waals surface area contributed by atoms with Crippen molar-refractivity contribution in [3.05, 3.63) is 109 Å². The zero-order chi connectivity index (χ0) is 16.3. The van der Waals surface area contributed by atoms with Crippen molar-refractivity contribution in [1.82, 2.24) is 0 Å². The second-order valence-electron chi connectivity index (χ2n) is 3.72. The molecule has 0 aromatic heterocycles. The summed E-state index contributed by atoms with van der Waals surface area (Å²) in [5.74, 6) is -1.08. The van der Waals surface area contributed by atoms with Crippen molar-refractivity contribution in [2.45, 2.75) is 6.92 Å². The van der Waals surface area contributed by atoms with E-state index in [0.29, 0.717) is 0 Å². The van der Waals surface area contributed by atoms with Gasteiger partial charge >= 0.3 is 0 Å². The average Bonchev–Trinajstić information content (AvgIpc) is 2.60. The maximum atomic E-state index is 8.89. The first kappa shape index (κ1) is 23.3. The van der Waals surface area contributed by atoms with Crippen molar-refractivity contribution in [2.75, 3.05) is 0 Å². The van der Waals surface area contributed by atoms with Crippen molar-refractivity contribution in [1.29, 1.82) is 0 Å². The summed E-state index contributed by atoms with van der Waals surface area (Å²) >= 11 is 0. The number of carboxylic acid groups (broad SMARTS) is 1. The van der Waals surface area contributed by atoms with Gasteiger partial charge in [0.2, 0.25) is 0 Å². The largest absolute Gasteiger partial charge is 0.550 e. The summed E-state index contributed by atoms with van der Waals surface area (Å²) in [6.07, 6.45) is 0.